The van der Waals surface area contributed by atoms with Crippen molar-refractivity contribution >= 4 is 5.91 Å². The summed E-state index contributed by atoms with van der Waals surface area (Å²) in [4.78, 5) is 23.3. The minimum Gasteiger partial charge on any atom is -0.340 e. The van der Waals surface area contributed by atoms with Crippen LogP contribution in [0.25, 0.3) is 0 Å². The maximum Gasteiger partial charge on any atom is 0.250 e. The highest BCUT2D eigenvalue weighted by atomic mass is 16.2. The normalized spacial score (nSPS) is 18.6. The van der Waals surface area contributed by atoms with E-state index in [9.17, 15) is 4.79 Å². The number of aryl methyl sites for hydroxylation is 1. The molecule has 0 saturated carbocycles. The molecule has 3 rings (SSSR count). The molecule has 0 N–H and O–H groups in total. The predicted molar refractivity (Wildman–Crippen MR) is 91.3 cm³/mol. The first-order valence-corrected chi connectivity index (χ1v) is 8.53. The third kappa shape index (κ3) is 3.47. The molecule has 24 heavy (non-hydrogen) atoms. The van der Waals surface area contributed by atoms with Crippen molar-refractivity contribution in [2.24, 2.45) is 5.92 Å². The summed E-state index contributed by atoms with van der Waals surface area (Å²) in [6.45, 7) is 7.41. The van der Waals surface area contributed by atoms with Crippen LogP contribution < -0.4 is 0 Å². The summed E-state index contributed by atoms with van der Waals surface area (Å²) in [5.74, 6) is 0.596. The SMILES string of the molecule is Cc1ccc(C[C@@H]2CCCN(C(=O)C(C)(C)n3cncn3)C2)cn1. The van der Waals surface area contributed by atoms with Gasteiger partial charge in [-0.15, -0.1) is 0 Å². The van der Waals surface area contributed by atoms with Crippen LogP contribution in [0, 0.1) is 12.8 Å². The highest BCUT2D eigenvalue weighted by Gasteiger charge is 2.36. The number of hydrogen-bond donors (Lipinski definition) is 0. The number of pyridine rings is 1. The summed E-state index contributed by atoms with van der Waals surface area (Å²) in [6, 6.07) is 4.19. The average Bonchev–Trinajstić information content (AvgIpc) is 3.12. The first-order valence-electron chi connectivity index (χ1n) is 8.53. The maximum atomic E-state index is 13.0. The van der Waals surface area contributed by atoms with Crippen molar-refractivity contribution < 1.29 is 4.79 Å². The molecule has 3 heterocycles. The Kier molecular flexibility index (Phi) is 4.64. The smallest absolute Gasteiger partial charge is 0.250 e. The van der Waals surface area contributed by atoms with Crippen LogP contribution in [0.2, 0.25) is 0 Å². The Bertz CT molecular complexity index is 678. The molecule has 6 heteroatoms. The van der Waals surface area contributed by atoms with Crippen LogP contribution in [0.15, 0.2) is 31.0 Å². The van der Waals surface area contributed by atoms with E-state index in [1.54, 1.807) is 11.0 Å². The summed E-state index contributed by atoms with van der Waals surface area (Å²) >= 11 is 0. The predicted octanol–water partition coefficient (Wildman–Crippen LogP) is 2.20. The van der Waals surface area contributed by atoms with Gasteiger partial charge in [0.25, 0.3) is 0 Å². The standard InChI is InChI=1S/C18H25N5O/c1-14-6-7-15(10-20-14)9-16-5-4-8-22(11-16)17(24)18(2,3)23-13-19-12-21-23/h6-7,10,12-13,16H,4-5,8-9,11H2,1-3H3/t16-/m0/s1. The van der Waals surface area contributed by atoms with Gasteiger partial charge < -0.3 is 4.90 Å². The number of likely N-dealkylation sites (tertiary alicyclic amines) is 1. The largest absolute Gasteiger partial charge is 0.340 e. The van der Waals surface area contributed by atoms with E-state index in [4.69, 9.17) is 0 Å². The van der Waals surface area contributed by atoms with Gasteiger partial charge in [-0.1, -0.05) is 6.07 Å². The number of nitrogens with zero attached hydrogens (tertiary/aromatic N) is 5. The van der Waals surface area contributed by atoms with Gasteiger partial charge in [0.1, 0.15) is 18.2 Å². The average molecular weight is 327 g/mol. The minimum atomic E-state index is -0.705. The lowest BCUT2D eigenvalue weighted by Gasteiger charge is -2.37. The molecule has 6 nitrogen and oxygen atoms in total. The molecular formula is C18H25N5O. The van der Waals surface area contributed by atoms with Crippen LogP contribution >= 0.6 is 0 Å². The van der Waals surface area contributed by atoms with E-state index < -0.39 is 5.54 Å². The van der Waals surface area contributed by atoms with Crippen molar-refractivity contribution in [3.8, 4) is 0 Å². The van der Waals surface area contributed by atoms with Crippen molar-refractivity contribution in [1.29, 1.82) is 0 Å². The highest BCUT2D eigenvalue weighted by Crippen LogP contribution is 2.25. The monoisotopic (exact) mass is 327 g/mol. The molecule has 128 valence electrons. The minimum absolute atomic E-state index is 0.111. The van der Waals surface area contributed by atoms with Gasteiger partial charge in [-0.2, -0.15) is 5.10 Å². The second-order valence-electron chi connectivity index (χ2n) is 7.17. The van der Waals surface area contributed by atoms with Crippen molar-refractivity contribution in [3.63, 3.8) is 0 Å². The molecule has 2 aromatic rings. The Morgan fingerprint density at radius 1 is 1.38 bits per heavy atom. The zero-order chi connectivity index (χ0) is 17.2. The van der Waals surface area contributed by atoms with Gasteiger partial charge in [0.15, 0.2) is 0 Å². The van der Waals surface area contributed by atoms with E-state index >= 15 is 0 Å². The molecule has 2 aromatic heterocycles. The van der Waals surface area contributed by atoms with E-state index in [-0.39, 0.29) is 5.91 Å². The van der Waals surface area contributed by atoms with E-state index in [1.807, 2.05) is 31.9 Å². The van der Waals surface area contributed by atoms with Gasteiger partial charge in [-0.25, -0.2) is 9.67 Å². The molecule has 1 saturated heterocycles. The molecule has 0 bridgehead atoms. The fraction of sp³-hybridized carbons (Fsp3) is 0.556. The van der Waals surface area contributed by atoms with Gasteiger partial charge in [0.2, 0.25) is 5.91 Å². The molecule has 0 aromatic carbocycles. The van der Waals surface area contributed by atoms with E-state index in [0.717, 1.165) is 38.0 Å². The number of carbonyl (C=O) groups excluding carboxylic acids is 1. The lowest BCUT2D eigenvalue weighted by atomic mass is 9.90. The Morgan fingerprint density at radius 3 is 2.88 bits per heavy atom. The van der Waals surface area contributed by atoms with Gasteiger partial charge in [0.05, 0.1) is 0 Å². The zero-order valence-electron chi connectivity index (χ0n) is 14.6. The topological polar surface area (TPSA) is 63.9 Å². The molecule has 1 amide bonds. The molecule has 1 aliphatic rings. The van der Waals surface area contributed by atoms with Crippen molar-refractivity contribution in [2.75, 3.05) is 13.1 Å². The Morgan fingerprint density at radius 2 is 2.21 bits per heavy atom. The van der Waals surface area contributed by atoms with Crippen LogP contribution in [0.3, 0.4) is 0 Å². The van der Waals surface area contributed by atoms with E-state index in [2.05, 4.69) is 27.2 Å². The third-order valence-corrected chi connectivity index (χ3v) is 4.82. The molecule has 0 aliphatic carbocycles. The molecule has 0 spiro atoms. The van der Waals surface area contributed by atoms with Gasteiger partial charge in [-0.3, -0.25) is 9.78 Å². The van der Waals surface area contributed by atoms with E-state index in [1.165, 1.54) is 11.9 Å². The zero-order valence-corrected chi connectivity index (χ0v) is 14.6. The highest BCUT2D eigenvalue weighted by molar-refractivity contribution is 5.83. The number of aromatic nitrogens is 4. The van der Waals surface area contributed by atoms with Crippen molar-refractivity contribution in [1.82, 2.24) is 24.6 Å². The van der Waals surface area contributed by atoms with Gasteiger partial charge in [-0.05, 0) is 57.6 Å². The number of rotatable bonds is 4. The Hall–Kier alpha value is -2.24. The second kappa shape index (κ2) is 6.71. The first-order chi connectivity index (χ1) is 11.5. The Labute approximate surface area is 142 Å². The van der Waals surface area contributed by atoms with Crippen LogP contribution in [-0.2, 0) is 16.8 Å². The number of amides is 1. The lowest BCUT2D eigenvalue weighted by Crippen LogP contribution is -2.50. The quantitative estimate of drug-likeness (QED) is 0.863. The summed E-state index contributed by atoms with van der Waals surface area (Å²) in [5.41, 5.74) is 1.58. The fourth-order valence-electron chi connectivity index (χ4n) is 3.35. The van der Waals surface area contributed by atoms with Gasteiger partial charge >= 0.3 is 0 Å². The molecule has 0 unspecified atom stereocenters. The van der Waals surface area contributed by atoms with E-state index in [0.29, 0.717) is 5.92 Å². The molecule has 1 aliphatic heterocycles. The number of hydrogen-bond acceptors (Lipinski definition) is 4. The van der Waals surface area contributed by atoms with Crippen LogP contribution in [0.1, 0.15) is 37.9 Å². The summed E-state index contributed by atoms with van der Waals surface area (Å²) in [7, 11) is 0. The summed E-state index contributed by atoms with van der Waals surface area (Å²) < 4.78 is 1.64. The first kappa shape index (κ1) is 16.6. The fourth-order valence-corrected chi connectivity index (χ4v) is 3.35. The number of piperidine rings is 1. The third-order valence-electron chi connectivity index (χ3n) is 4.82. The molecular weight excluding hydrogens is 302 g/mol. The molecule has 0 radical (unpaired) electrons. The van der Waals surface area contributed by atoms with Crippen LogP contribution in [0.4, 0.5) is 0 Å². The second-order valence-corrected chi connectivity index (χ2v) is 7.17. The van der Waals surface area contributed by atoms with Gasteiger partial charge in [0, 0.05) is 25.0 Å². The van der Waals surface area contributed by atoms with Crippen molar-refractivity contribution in [2.45, 2.75) is 45.6 Å². The number of carbonyl (C=O) groups is 1. The summed E-state index contributed by atoms with van der Waals surface area (Å²) in [5, 5.41) is 4.15. The van der Waals surface area contributed by atoms with Crippen molar-refractivity contribution in [3.05, 3.63) is 42.2 Å². The van der Waals surface area contributed by atoms with Crippen LogP contribution in [0.5, 0.6) is 0 Å². The Balaban J connectivity index is 1.66. The molecule has 1 fully saturated rings. The lowest BCUT2D eigenvalue weighted by molar-refractivity contribution is -0.141. The maximum absolute atomic E-state index is 13.0. The summed E-state index contributed by atoms with van der Waals surface area (Å²) in [6.07, 6.45) is 8.20. The molecule has 1 atom stereocenters. The van der Waals surface area contributed by atoms with Crippen LogP contribution in [-0.4, -0.2) is 43.6 Å².